The Kier molecular flexibility index (Phi) is 6.20. The van der Waals surface area contributed by atoms with Crippen LogP contribution in [0.5, 0.6) is 0 Å². The number of nitro benzene ring substituents is 1. The number of esters is 1. The summed E-state index contributed by atoms with van der Waals surface area (Å²) in [5, 5.41) is 17.5. The van der Waals surface area contributed by atoms with E-state index in [4.69, 9.17) is 4.74 Å². The van der Waals surface area contributed by atoms with Gasteiger partial charge < -0.3 is 10.1 Å². The molecule has 0 aliphatic heterocycles. The third-order valence-electron chi connectivity index (χ3n) is 4.25. The number of anilines is 1. The number of nitrogens with one attached hydrogen (secondary N) is 1. The smallest absolute Gasteiger partial charge is 0.360 e. The summed E-state index contributed by atoms with van der Waals surface area (Å²) in [7, 11) is 0. The van der Waals surface area contributed by atoms with Crippen molar-refractivity contribution in [2.24, 2.45) is 0 Å². The maximum absolute atomic E-state index is 12.6. The molecule has 2 aromatic carbocycles. The molecule has 0 radical (unpaired) electrons. The Labute approximate surface area is 176 Å². The molecule has 0 bridgehead atoms. The Morgan fingerprint density at radius 2 is 1.87 bits per heavy atom. The van der Waals surface area contributed by atoms with Crippen molar-refractivity contribution in [3.05, 3.63) is 91.9 Å². The van der Waals surface area contributed by atoms with Crippen LogP contribution in [0.2, 0.25) is 0 Å². The predicted octanol–water partition coefficient (Wildman–Crippen LogP) is 2.88. The Morgan fingerprint density at radius 3 is 2.52 bits per heavy atom. The molecule has 0 saturated carbocycles. The van der Waals surface area contributed by atoms with Gasteiger partial charge in [0.25, 0.3) is 17.2 Å². The van der Waals surface area contributed by atoms with E-state index in [0.717, 1.165) is 22.4 Å². The number of hydrogen-bond donors (Lipinski definition) is 1. The van der Waals surface area contributed by atoms with Gasteiger partial charge in [-0.05, 0) is 32.0 Å². The number of rotatable bonds is 6. The van der Waals surface area contributed by atoms with E-state index in [1.807, 2.05) is 6.92 Å². The van der Waals surface area contributed by atoms with Crippen LogP contribution in [-0.2, 0) is 4.74 Å². The SMILES string of the molecule is CCOC(=O)c1nn(-c2ccc(C)cc2)c(=O)cc1NC(=O)c1cccc([N+](=O)[O-])c1. The van der Waals surface area contributed by atoms with Crippen molar-refractivity contribution in [1.29, 1.82) is 0 Å². The maximum Gasteiger partial charge on any atom is 0.360 e. The van der Waals surface area contributed by atoms with Crippen LogP contribution in [0.1, 0.15) is 33.3 Å². The van der Waals surface area contributed by atoms with E-state index in [2.05, 4.69) is 10.4 Å². The summed E-state index contributed by atoms with van der Waals surface area (Å²) in [5.74, 6) is -1.58. The van der Waals surface area contributed by atoms with Crippen molar-refractivity contribution in [3.63, 3.8) is 0 Å². The molecule has 0 aliphatic rings. The highest BCUT2D eigenvalue weighted by atomic mass is 16.6. The van der Waals surface area contributed by atoms with Crippen molar-refractivity contribution in [1.82, 2.24) is 9.78 Å². The summed E-state index contributed by atoms with van der Waals surface area (Å²) in [6, 6.07) is 13.0. The average Bonchev–Trinajstić information content (AvgIpc) is 2.75. The highest BCUT2D eigenvalue weighted by molar-refractivity contribution is 6.07. The molecule has 1 heterocycles. The first-order valence-electron chi connectivity index (χ1n) is 9.24. The van der Waals surface area contributed by atoms with E-state index in [0.29, 0.717) is 5.69 Å². The van der Waals surface area contributed by atoms with Crippen molar-refractivity contribution in [2.45, 2.75) is 13.8 Å². The molecule has 31 heavy (non-hydrogen) atoms. The molecule has 0 fully saturated rings. The quantitative estimate of drug-likeness (QED) is 0.367. The lowest BCUT2D eigenvalue weighted by Crippen LogP contribution is -2.27. The van der Waals surface area contributed by atoms with Gasteiger partial charge in [-0.3, -0.25) is 19.7 Å². The Bertz CT molecular complexity index is 1220. The molecule has 0 saturated heterocycles. The van der Waals surface area contributed by atoms with Gasteiger partial charge in [0, 0.05) is 23.8 Å². The summed E-state index contributed by atoms with van der Waals surface area (Å²) < 4.78 is 6.02. The Hall–Kier alpha value is -4.34. The van der Waals surface area contributed by atoms with Crippen LogP contribution in [0, 0.1) is 17.0 Å². The fraction of sp³-hybridized carbons (Fsp3) is 0.143. The van der Waals surface area contributed by atoms with Gasteiger partial charge in [-0.25, -0.2) is 4.79 Å². The number of aryl methyl sites for hydroxylation is 1. The summed E-state index contributed by atoms with van der Waals surface area (Å²) >= 11 is 0. The average molecular weight is 422 g/mol. The summed E-state index contributed by atoms with van der Waals surface area (Å²) in [5.41, 5.74) is 0.0780. The van der Waals surface area contributed by atoms with Gasteiger partial charge in [-0.2, -0.15) is 9.78 Å². The lowest BCUT2D eigenvalue weighted by Gasteiger charge is -2.12. The molecule has 1 amide bonds. The van der Waals surface area contributed by atoms with E-state index in [1.54, 1.807) is 31.2 Å². The van der Waals surface area contributed by atoms with E-state index >= 15 is 0 Å². The number of amides is 1. The van der Waals surface area contributed by atoms with Gasteiger partial charge in [-0.1, -0.05) is 23.8 Å². The summed E-state index contributed by atoms with van der Waals surface area (Å²) in [6.45, 7) is 3.55. The first-order valence-corrected chi connectivity index (χ1v) is 9.24. The van der Waals surface area contributed by atoms with Gasteiger partial charge in [-0.15, -0.1) is 0 Å². The minimum Gasteiger partial charge on any atom is -0.461 e. The van der Waals surface area contributed by atoms with Gasteiger partial charge in [0.2, 0.25) is 0 Å². The second kappa shape index (κ2) is 8.99. The van der Waals surface area contributed by atoms with Crippen LogP contribution < -0.4 is 10.9 Å². The van der Waals surface area contributed by atoms with Gasteiger partial charge in [0.05, 0.1) is 22.9 Å². The number of nitro groups is 1. The predicted molar refractivity (Wildman–Crippen MR) is 112 cm³/mol. The third-order valence-corrected chi connectivity index (χ3v) is 4.25. The second-order valence-corrected chi connectivity index (χ2v) is 6.47. The van der Waals surface area contributed by atoms with E-state index in [9.17, 15) is 24.5 Å². The second-order valence-electron chi connectivity index (χ2n) is 6.47. The van der Waals surface area contributed by atoms with Gasteiger partial charge >= 0.3 is 5.97 Å². The first-order chi connectivity index (χ1) is 14.8. The minimum atomic E-state index is -0.835. The van der Waals surface area contributed by atoms with Crippen LogP contribution in [0.4, 0.5) is 11.4 Å². The lowest BCUT2D eigenvalue weighted by molar-refractivity contribution is -0.384. The van der Waals surface area contributed by atoms with E-state index in [1.165, 1.54) is 18.2 Å². The highest BCUT2D eigenvalue weighted by Gasteiger charge is 2.21. The van der Waals surface area contributed by atoms with Crippen LogP contribution >= 0.6 is 0 Å². The number of benzene rings is 2. The van der Waals surface area contributed by atoms with Crippen molar-refractivity contribution in [3.8, 4) is 5.69 Å². The summed E-state index contributed by atoms with van der Waals surface area (Å²) in [6.07, 6.45) is 0. The zero-order valence-electron chi connectivity index (χ0n) is 16.7. The van der Waals surface area contributed by atoms with E-state index < -0.39 is 22.4 Å². The fourth-order valence-corrected chi connectivity index (χ4v) is 2.73. The molecular weight excluding hydrogens is 404 g/mol. The Morgan fingerprint density at radius 1 is 1.16 bits per heavy atom. The van der Waals surface area contributed by atoms with Crippen LogP contribution in [-0.4, -0.2) is 33.2 Å². The topological polar surface area (TPSA) is 133 Å². The number of carbonyl (C=O) groups excluding carboxylic acids is 2. The van der Waals surface area contributed by atoms with Gasteiger partial charge in [0.1, 0.15) is 0 Å². The standard InChI is InChI=1S/C21H18N4O6/c1-3-31-21(28)19-17(22-20(27)14-5-4-6-16(11-14)25(29)30)12-18(26)24(23-19)15-9-7-13(2)8-10-15/h4-12H,3H2,1-2H3,(H,22,27). The fourth-order valence-electron chi connectivity index (χ4n) is 2.73. The lowest BCUT2D eigenvalue weighted by atomic mass is 10.2. The van der Waals surface area contributed by atoms with Crippen LogP contribution in [0.3, 0.4) is 0 Å². The highest BCUT2D eigenvalue weighted by Crippen LogP contribution is 2.18. The molecule has 3 rings (SSSR count). The van der Waals surface area contributed by atoms with Crippen molar-refractivity contribution < 1.29 is 19.2 Å². The molecule has 10 nitrogen and oxygen atoms in total. The Balaban J connectivity index is 2.03. The molecular formula is C21H18N4O6. The number of nitrogens with zero attached hydrogens (tertiary/aromatic N) is 3. The molecule has 0 spiro atoms. The molecule has 10 heteroatoms. The normalized spacial score (nSPS) is 10.4. The molecule has 158 valence electrons. The first kappa shape index (κ1) is 21.4. The van der Waals surface area contributed by atoms with Crippen molar-refractivity contribution >= 4 is 23.3 Å². The number of non-ortho nitro benzene ring substituents is 1. The molecule has 0 aliphatic carbocycles. The van der Waals surface area contributed by atoms with Crippen LogP contribution in [0.25, 0.3) is 5.69 Å². The zero-order valence-corrected chi connectivity index (χ0v) is 16.7. The number of ether oxygens (including phenoxy) is 1. The molecule has 1 aromatic heterocycles. The number of carbonyl (C=O) groups is 2. The third kappa shape index (κ3) is 4.81. The van der Waals surface area contributed by atoms with E-state index in [-0.39, 0.29) is 29.2 Å². The maximum atomic E-state index is 12.6. The largest absolute Gasteiger partial charge is 0.461 e. The monoisotopic (exact) mass is 422 g/mol. The van der Waals surface area contributed by atoms with Crippen LogP contribution in [0.15, 0.2) is 59.4 Å². The molecule has 0 unspecified atom stereocenters. The molecule has 1 N–H and O–H groups in total. The molecule has 0 atom stereocenters. The minimum absolute atomic E-state index is 0.0216. The number of hydrogen-bond acceptors (Lipinski definition) is 7. The van der Waals surface area contributed by atoms with Gasteiger partial charge in [0.15, 0.2) is 5.69 Å². The molecule has 3 aromatic rings. The van der Waals surface area contributed by atoms with Crippen molar-refractivity contribution in [2.75, 3.05) is 11.9 Å². The zero-order chi connectivity index (χ0) is 22.5. The number of aromatic nitrogens is 2. The summed E-state index contributed by atoms with van der Waals surface area (Å²) in [4.78, 5) is 48.0.